The van der Waals surface area contributed by atoms with Crippen LogP contribution in [-0.2, 0) is 0 Å². The summed E-state index contributed by atoms with van der Waals surface area (Å²) in [4.78, 5) is 0. The van der Waals surface area contributed by atoms with Gasteiger partial charge in [-0.25, -0.2) is 0 Å². The van der Waals surface area contributed by atoms with Gasteiger partial charge in [0.2, 0.25) is 0 Å². The van der Waals surface area contributed by atoms with Gasteiger partial charge in [-0.1, -0.05) is 40.2 Å². The van der Waals surface area contributed by atoms with Gasteiger partial charge in [-0.2, -0.15) is 0 Å². The molecule has 1 unspecified atom stereocenters. The number of allylic oxidation sites excluding steroid dienone is 3. The third kappa shape index (κ3) is 3.67. The Balaban J connectivity index is 2.27. The van der Waals surface area contributed by atoms with Gasteiger partial charge in [0, 0.05) is 0 Å². The van der Waals surface area contributed by atoms with E-state index in [4.69, 9.17) is 9.47 Å². The molecular weight excluding hydrogens is 336 g/mol. The van der Waals surface area contributed by atoms with Crippen molar-refractivity contribution in [2.45, 2.75) is 32.2 Å². The number of aliphatic hydroxyl groups is 2. The van der Waals surface area contributed by atoms with E-state index in [0.29, 0.717) is 11.5 Å². The molecule has 0 aliphatic carbocycles. The SMILES string of the molecule is C/C(Br)=C/C=C/c1ccc2c(c1)OC(O)(C(C)(C)O)CO2. The van der Waals surface area contributed by atoms with E-state index in [9.17, 15) is 10.2 Å². The summed E-state index contributed by atoms with van der Waals surface area (Å²) in [6, 6.07) is 5.44. The fraction of sp³-hybridized carbons (Fsp3) is 0.375. The molecule has 21 heavy (non-hydrogen) atoms. The summed E-state index contributed by atoms with van der Waals surface area (Å²) in [6.07, 6.45) is 5.73. The van der Waals surface area contributed by atoms with Gasteiger partial charge in [0.15, 0.2) is 18.1 Å². The minimum absolute atomic E-state index is 0.121. The topological polar surface area (TPSA) is 58.9 Å². The molecule has 0 spiro atoms. The molecule has 1 aromatic rings. The van der Waals surface area contributed by atoms with Crippen LogP contribution in [0.15, 0.2) is 34.8 Å². The fourth-order valence-electron chi connectivity index (χ4n) is 1.81. The number of rotatable bonds is 3. The molecule has 2 N–H and O–H groups in total. The largest absolute Gasteiger partial charge is 0.483 e. The van der Waals surface area contributed by atoms with Crippen molar-refractivity contribution in [3.05, 3.63) is 40.4 Å². The van der Waals surface area contributed by atoms with Gasteiger partial charge in [0.25, 0.3) is 5.79 Å². The Hall–Kier alpha value is -1.30. The zero-order valence-corrected chi connectivity index (χ0v) is 13.8. The van der Waals surface area contributed by atoms with Crippen LogP contribution in [0.5, 0.6) is 11.5 Å². The lowest BCUT2D eigenvalue weighted by atomic mass is 9.97. The van der Waals surface area contributed by atoms with E-state index < -0.39 is 11.4 Å². The number of halogens is 1. The maximum absolute atomic E-state index is 10.4. The molecule has 1 atom stereocenters. The molecule has 0 amide bonds. The van der Waals surface area contributed by atoms with Crippen molar-refractivity contribution >= 4 is 22.0 Å². The van der Waals surface area contributed by atoms with Crippen molar-refractivity contribution < 1.29 is 19.7 Å². The molecule has 0 radical (unpaired) electrons. The van der Waals surface area contributed by atoms with Gasteiger partial charge in [0.1, 0.15) is 5.60 Å². The van der Waals surface area contributed by atoms with Crippen LogP contribution in [0.1, 0.15) is 26.3 Å². The third-order valence-corrected chi connectivity index (χ3v) is 3.50. The van der Waals surface area contributed by atoms with Gasteiger partial charge in [-0.15, -0.1) is 0 Å². The Morgan fingerprint density at radius 1 is 1.38 bits per heavy atom. The molecule has 1 aliphatic rings. The molecule has 0 saturated carbocycles. The van der Waals surface area contributed by atoms with E-state index in [1.165, 1.54) is 13.8 Å². The standard InChI is InChI=1S/C16H19BrO4/c1-11(17)5-4-6-12-7-8-13-14(9-12)21-16(19,10-20-13)15(2,3)18/h4-9,18-19H,10H2,1-3H3/b6-4+,11-5-. The first kappa shape index (κ1) is 16.1. The Morgan fingerprint density at radius 3 is 2.71 bits per heavy atom. The van der Waals surface area contributed by atoms with Crippen LogP contribution in [-0.4, -0.2) is 28.2 Å². The quantitative estimate of drug-likeness (QED) is 0.818. The summed E-state index contributed by atoms with van der Waals surface area (Å²) in [7, 11) is 0. The molecule has 0 aromatic heterocycles. The number of benzene rings is 1. The second kappa shape index (κ2) is 5.83. The lowest BCUT2D eigenvalue weighted by molar-refractivity contribution is -0.266. The van der Waals surface area contributed by atoms with Gasteiger partial charge >= 0.3 is 0 Å². The van der Waals surface area contributed by atoms with Crippen molar-refractivity contribution in [1.29, 1.82) is 0 Å². The van der Waals surface area contributed by atoms with Crippen molar-refractivity contribution in [2.75, 3.05) is 6.61 Å². The first-order chi connectivity index (χ1) is 9.71. The van der Waals surface area contributed by atoms with E-state index >= 15 is 0 Å². The summed E-state index contributed by atoms with van der Waals surface area (Å²) >= 11 is 3.35. The smallest absolute Gasteiger partial charge is 0.271 e. The summed E-state index contributed by atoms with van der Waals surface area (Å²) in [5.74, 6) is -0.810. The van der Waals surface area contributed by atoms with Crippen molar-refractivity contribution in [1.82, 2.24) is 0 Å². The van der Waals surface area contributed by atoms with E-state index in [1.807, 2.05) is 31.2 Å². The van der Waals surface area contributed by atoms with Crippen molar-refractivity contribution in [2.24, 2.45) is 0 Å². The average Bonchev–Trinajstić information content (AvgIpc) is 2.36. The predicted molar refractivity (Wildman–Crippen MR) is 85.5 cm³/mol. The average molecular weight is 355 g/mol. The molecule has 1 aliphatic heterocycles. The highest BCUT2D eigenvalue weighted by molar-refractivity contribution is 9.11. The van der Waals surface area contributed by atoms with Gasteiger partial charge in [-0.05, 0) is 42.9 Å². The summed E-state index contributed by atoms with van der Waals surface area (Å²) < 4.78 is 12.1. The van der Waals surface area contributed by atoms with E-state index in [-0.39, 0.29) is 6.61 Å². The Morgan fingerprint density at radius 2 is 2.10 bits per heavy atom. The normalized spacial score (nSPS) is 22.7. The van der Waals surface area contributed by atoms with Crippen LogP contribution in [0.25, 0.3) is 6.08 Å². The molecule has 0 fully saturated rings. The number of hydrogen-bond acceptors (Lipinski definition) is 4. The Kier molecular flexibility index (Phi) is 4.46. The van der Waals surface area contributed by atoms with Crippen LogP contribution in [0.4, 0.5) is 0 Å². The molecule has 1 aromatic carbocycles. The molecule has 5 heteroatoms. The van der Waals surface area contributed by atoms with Gasteiger partial charge in [0.05, 0.1) is 0 Å². The fourth-order valence-corrected chi connectivity index (χ4v) is 1.96. The number of ether oxygens (including phenoxy) is 2. The maximum atomic E-state index is 10.4. The van der Waals surface area contributed by atoms with E-state index in [2.05, 4.69) is 15.9 Å². The second-order valence-corrected chi connectivity index (χ2v) is 6.80. The first-order valence-corrected chi connectivity index (χ1v) is 7.42. The van der Waals surface area contributed by atoms with Crippen molar-refractivity contribution in [3.63, 3.8) is 0 Å². The number of fused-ring (bicyclic) bond motifs is 1. The minimum atomic E-state index is -1.77. The summed E-state index contributed by atoms with van der Waals surface area (Å²) in [6.45, 7) is 4.78. The summed E-state index contributed by atoms with van der Waals surface area (Å²) in [5, 5.41) is 20.4. The summed E-state index contributed by atoms with van der Waals surface area (Å²) in [5.41, 5.74) is -0.533. The highest BCUT2D eigenvalue weighted by atomic mass is 79.9. The third-order valence-electron chi connectivity index (χ3n) is 3.24. The molecule has 1 heterocycles. The molecule has 2 rings (SSSR count). The molecular formula is C16H19BrO4. The first-order valence-electron chi connectivity index (χ1n) is 6.62. The van der Waals surface area contributed by atoms with E-state index in [0.717, 1.165) is 10.0 Å². The van der Waals surface area contributed by atoms with Crippen LogP contribution in [0.2, 0.25) is 0 Å². The highest BCUT2D eigenvalue weighted by Crippen LogP contribution is 2.39. The lowest BCUT2D eigenvalue weighted by Crippen LogP contribution is -2.59. The van der Waals surface area contributed by atoms with Crippen LogP contribution < -0.4 is 9.47 Å². The highest BCUT2D eigenvalue weighted by Gasteiger charge is 2.48. The zero-order valence-electron chi connectivity index (χ0n) is 12.3. The lowest BCUT2D eigenvalue weighted by Gasteiger charge is -2.41. The second-order valence-electron chi connectivity index (χ2n) is 5.55. The molecule has 4 nitrogen and oxygen atoms in total. The maximum Gasteiger partial charge on any atom is 0.271 e. The monoisotopic (exact) mass is 354 g/mol. The van der Waals surface area contributed by atoms with Crippen LogP contribution in [0, 0.1) is 0 Å². The number of hydrogen-bond donors (Lipinski definition) is 2. The minimum Gasteiger partial charge on any atom is -0.483 e. The van der Waals surface area contributed by atoms with E-state index in [1.54, 1.807) is 12.1 Å². The van der Waals surface area contributed by atoms with Gasteiger partial charge < -0.3 is 19.7 Å². The van der Waals surface area contributed by atoms with Crippen molar-refractivity contribution in [3.8, 4) is 11.5 Å². The van der Waals surface area contributed by atoms with Crippen LogP contribution in [0.3, 0.4) is 0 Å². The Labute approximate surface area is 132 Å². The molecule has 0 saturated heterocycles. The van der Waals surface area contributed by atoms with Crippen LogP contribution >= 0.6 is 15.9 Å². The molecule has 114 valence electrons. The Bertz CT molecular complexity index is 582. The van der Waals surface area contributed by atoms with Gasteiger partial charge in [-0.3, -0.25) is 0 Å². The predicted octanol–water partition coefficient (Wildman–Crippen LogP) is 3.23. The molecule has 0 bridgehead atoms. The zero-order chi connectivity index (χ0) is 15.7.